The number of hydrogen-bond donors (Lipinski definition) is 2. The summed E-state index contributed by atoms with van der Waals surface area (Å²) in [5, 5.41) is 11.6. The number of piperidine rings is 1. The Hall–Kier alpha value is -1.79. The fourth-order valence-electron chi connectivity index (χ4n) is 2.17. The molecule has 1 saturated heterocycles. The number of rotatable bonds is 4. The van der Waals surface area contributed by atoms with Crippen LogP contribution in [0, 0.1) is 5.92 Å². The third kappa shape index (κ3) is 3.85. The van der Waals surface area contributed by atoms with Gasteiger partial charge in [-0.25, -0.2) is 9.59 Å². The Balaban J connectivity index is 2.68. The number of carboxylic acid groups (broad SMARTS) is 1. The van der Waals surface area contributed by atoms with Gasteiger partial charge in [0.15, 0.2) is 0 Å². The molecule has 3 unspecified atom stereocenters. The van der Waals surface area contributed by atoms with E-state index in [0.717, 1.165) is 12.8 Å². The molecule has 114 valence electrons. The summed E-state index contributed by atoms with van der Waals surface area (Å²) < 4.78 is 4.71. The van der Waals surface area contributed by atoms with Crippen molar-refractivity contribution < 1.29 is 24.2 Å². The van der Waals surface area contributed by atoms with Crippen molar-refractivity contribution in [2.45, 2.75) is 45.2 Å². The highest BCUT2D eigenvalue weighted by molar-refractivity contribution is 5.84. The van der Waals surface area contributed by atoms with Gasteiger partial charge in [0.2, 0.25) is 0 Å². The lowest BCUT2D eigenvalue weighted by atomic mass is 10.0. The van der Waals surface area contributed by atoms with E-state index >= 15 is 0 Å². The maximum Gasteiger partial charge on any atom is 0.328 e. The van der Waals surface area contributed by atoms with Crippen molar-refractivity contribution in [1.82, 2.24) is 10.2 Å². The van der Waals surface area contributed by atoms with E-state index in [1.165, 1.54) is 18.9 Å². The third-order valence-electron chi connectivity index (χ3n) is 3.73. The summed E-state index contributed by atoms with van der Waals surface area (Å²) in [7, 11) is 1.29. The Labute approximate surface area is 118 Å². The van der Waals surface area contributed by atoms with Crippen LogP contribution < -0.4 is 5.32 Å². The van der Waals surface area contributed by atoms with E-state index in [2.05, 4.69) is 5.32 Å². The third-order valence-corrected chi connectivity index (χ3v) is 3.73. The van der Waals surface area contributed by atoms with Crippen molar-refractivity contribution >= 4 is 18.0 Å². The number of esters is 1. The van der Waals surface area contributed by atoms with E-state index in [1.807, 2.05) is 0 Å². The van der Waals surface area contributed by atoms with Crippen LogP contribution in [0.25, 0.3) is 0 Å². The van der Waals surface area contributed by atoms with Crippen LogP contribution in [0.2, 0.25) is 0 Å². The lowest BCUT2D eigenvalue weighted by molar-refractivity contribution is -0.147. The molecule has 0 saturated carbocycles. The molecule has 7 heteroatoms. The van der Waals surface area contributed by atoms with Crippen LogP contribution in [0.3, 0.4) is 0 Å². The van der Waals surface area contributed by atoms with Crippen LogP contribution >= 0.6 is 0 Å². The first-order chi connectivity index (χ1) is 9.38. The van der Waals surface area contributed by atoms with E-state index in [1.54, 1.807) is 6.92 Å². The van der Waals surface area contributed by atoms with Crippen molar-refractivity contribution in [3.05, 3.63) is 0 Å². The molecule has 0 aromatic rings. The molecule has 1 fully saturated rings. The highest BCUT2D eigenvalue weighted by atomic mass is 16.5. The monoisotopic (exact) mass is 286 g/mol. The minimum atomic E-state index is -0.971. The molecular weight excluding hydrogens is 264 g/mol. The number of aliphatic carboxylic acids is 1. The summed E-state index contributed by atoms with van der Waals surface area (Å²) in [5.74, 6) is -2.10. The van der Waals surface area contributed by atoms with E-state index < -0.39 is 36.0 Å². The van der Waals surface area contributed by atoms with E-state index in [9.17, 15) is 14.4 Å². The number of carbonyl (C=O) groups is 3. The van der Waals surface area contributed by atoms with Crippen molar-refractivity contribution in [3.8, 4) is 0 Å². The molecule has 0 spiro atoms. The summed E-state index contributed by atoms with van der Waals surface area (Å²) >= 11 is 0. The fourth-order valence-corrected chi connectivity index (χ4v) is 2.17. The van der Waals surface area contributed by atoms with Crippen molar-refractivity contribution in [1.29, 1.82) is 0 Å². The largest absolute Gasteiger partial charge is 0.481 e. The number of urea groups is 1. The van der Waals surface area contributed by atoms with Gasteiger partial charge in [0, 0.05) is 12.6 Å². The number of nitrogens with one attached hydrogen (secondary N) is 1. The molecule has 20 heavy (non-hydrogen) atoms. The maximum atomic E-state index is 12.2. The van der Waals surface area contributed by atoms with Gasteiger partial charge in [-0.2, -0.15) is 0 Å². The highest BCUT2D eigenvalue weighted by Gasteiger charge is 2.34. The molecule has 1 aliphatic heterocycles. The second-order valence-corrected chi connectivity index (χ2v) is 5.09. The van der Waals surface area contributed by atoms with Gasteiger partial charge in [0.05, 0.1) is 13.0 Å². The van der Waals surface area contributed by atoms with Crippen molar-refractivity contribution in [3.63, 3.8) is 0 Å². The van der Waals surface area contributed by atoms with Crippen LogP contribution in [0.5, 0.6) is 0 Å². The SMILES string of the molecule is COC(=O)C1CCCCN1C(=O)NC(C)C(C)C(=O)O. The summed E-state index contributed by atoms with van der Waals surface area (Å²) in [6.07, 6.45) is 2.26. The topological polar surface area (TPSA) is 95.9 Å². The average molecular weight is 286 g/mol. The Morgan fingerprint density at radius 1 is 1.30 bits per heavy atom. The smallest absolute Gasteiger partial charge is 0.328 e. The van der Waals surface area contributed by atoms with Gasteiger partial charge in [-0.1, -0.05) is 0 Å². The molecule has 0 aromatic carbocycles. The maximum absolute atomic E-state index is 12.2. The molecular formula is C13H22N2O5. The lowest BCUT2D eigenvalue weighted by Gasteiger charge is -2.34. The van der Waals surface area contributed by atoms with E-state index in [-0.39, 0.29) is 0 Å². The predicted molar refractivity (Wildman–Crippen MR) is 71.2 cm³/mol. The number of methoxy groups -OCH3 is 1. The summed E-state index contributed by atoms with van der Waals surface area (Å²) in [4.78, 5) is 36.2. The number of hydrogen-bond acceptors (Lipinski definition) is 4. The lowest BCUT2D eigenvalue weighted by Crippen LogP contribution is -2.55. The van der Waals surface area contributed by atoms with Crippen LogP contribution in [-0.2, 0) is 14.3 Å². The molecule has 0 radical (unpaired) electrons. The second-order valence-electron chi connectivity index (χ2n) is 5.09. The van der Waals surface area contributed by atoms with E-state index in [0.29, 0.717) is 13.0 Å². The molecule has 0 aromatic heterocycles. The van der Waals surface area contributed by atoms with Crippen LogP contribution in [-0.4, -0.2) is 53.7 Å². The number of carbonyl (C=O) groups excluding carboxylic acids is 2. The van der Waals surface area contributed by atoms with Crippen LogP contribution in [0.4, 0.5) is 4.79 Å². The van der Waals surface area contributed by atoms with Gasteiger partial charge in [0.1, 0.15) is 6.04 Å². The van der Waals surface area contributed by atoms with E-state index in [4.69, 9.17) is 9.84 Å². The van der Waals surface area contributed by atoms with Gasteiger partial charge in [-0.15, -0.1) is 0 Å². The molecule has 0 aliphatic carbocycles. The minimum absolute atomic E-state index is 0.416. The summed E-state index contributed by atoms with van der Waals surface area (Å²) in [6.45, 7) is 3.63. The highest BCUT2D eigenvalue weighted by Crippen LogP contribution is 2.18. The van der Waals surface area contributed by atoms with Crippen LogP contribution in [0.15, 0.2) is 0 Å². The van der Waals surface area contributed by atoms with Crippen molar-refractivity contribution in [2.24, 2.45) is 5.92 Å². The Bertz CT molecular complexity index is 385. The number of nitrogens with zero attached hydrogens (tertiary/aromatic N) is 1. The molecule has 1 heterocycles. The molecule has 1 rings (SSSR count). The van der Waals surface area contributed by atoms with Gasteiger partial charge in [0.25, 0.3) is 0 Å². The predicted octanol–water partition coefficient (Wildman–Crippen LogP) is 0.833. The van der Waals surface area contributed by atoms with Crippen LogP contribution in [0.1, 0.15) is 33.1 Å². The zero-order chi connectivity index (χ0) is 15.3. The van der Waals surface area contributed by atoms with Gasteiger partial charge < -0.3 is 20.1 Å². The number of amides is 2. The zero-order valence-corrected chi connectivity index (χ0v) is 12.1. The van der Waals surface area contributed by atoms with Gasteiger partial charge >= 0.3 is 18.0 Å². The minimum Gasteiger partial charge on any atom is -0.481 e. The fraction of sp³-hybridized carbons (Fsp3) is 0.769. The number of carboxylic acids is 1. The first-order valence-electron chi connectivity index (χ1n) is 6.76. The molecule has 3 atom stereocenters. The molecule has 2 N–H and O–H groups in total. The normalized spacial score (nSPS) is 21.8. The summed E-state index contributed by atoms with van der Waals surface area (Å²) in [5.41, 5.74) is 0. The molecule has 7 nitrogen and oxygen atoms in total. The van der Waals surface area contributed by atoms with Gasteiger partial charge in [-0.05, 0) is 33.1 Å². The molecule has 0 bridgehead atoms. The quantitative estimate of drug-likeness (QED) is 0.746. The molecule has 1 aliphatic rings. The van der Waals surface area contributed by atoms with Crippen molar-refractivity contribution in [2.75, 3.05) is 13.7 Å². The average Bonchev–Trinajstić information content (AvgIpc) is 2.45. The van der Waals surface area contributed by atoms with Gasteiger partial charge in [-0.3, -0.25) is 4.79 Å². The molecule has 2 amide bonds. The summed E-state index contributed by atoms with van der Waals surface area (Å²) in [6, 6.07) is -1.51. The first kappa shape index (κ1) is 16.3. The Morgan fingerprint density at radius 2 is 1.95 bits per heavy atom. The zero-order valence-electron chi connectivity index (χ0n) is 12.1. The Kier molecular flexibility index (Phi) is 5.79. The standard InChI is InChI=1S/C13H22N2O5/c1-8(11(16)17)9(2)14-13(19)15-7-5-4-6-10(15)12(18)20-3/h8-10H,4-7H2,1-3H3,(H,14,19)(H,16,17). The number of likely N-dealkylation sites (tertiary alicyclic amines) is 1. The first-order valence-corrected chi connectivity index (χ1v) is 6.76. The number of ether oxygens (including phenoxy) is 1. The second kappa shape index (κ2) is 7.12. The Morgan fingerprint density at radius 3 is 2.50 bits per heavy atom.